The first-order valence-electron chi connectivity index (χ1n) is 6.43. The number of aliphatic hydroxyl groups is 1. The zero-order chi connectivity index (χ0) is 13.0. The highest BCUT2D eigenvalue weighted by Crippen LogP contribution is 2.20. The number of nitrogens with two attached hydrogens (primary N) is 1. The summed E-state index contributed by atoms with van der Waals surface area (Å²) in [6, 6.07) is 4.00. The summed E-state index contributed by atoms with van der Waals surface area (Å²) in [5.74, 6) is 0. The second-order valence-corrected chi connectivity index (χ2v) is 4.56. The number of hydrogen-bond acceptors (Lipinski definition) is 5. The van der Waals surface area contributed by atoms with Crippen molar-refractivity contribution in [3.63, 3.8) is 0 Å². The number of aliphatic hydroxyl groups excluding tert-OH is 1. The van der Waals surface area contributed by atoms with Crippen molar-refractivity contribution in [3.8, 4) is 0 Å². The van der Waals surface area contributed by atoms with Gasteiger partial charge in [-0.15, -0.1) is 0 Å². The molecule has 3 N–H and O–H groups in total. The van der Waals surface area contributed by atoms with Crippen LogP contribution in [0.1, 0.15) is 25.1 Å². The van der Waals surface area contributed by atoms with E-state index in [1.807, 2.05) is 25.3 Å². The fraction of sp³-hybridized carbons (Fsp3) is 0.615. The normalized spacial score (nSPS) is 21.9. The summed E-state index contributed by atoms with van der Waals surface area (Å²) >= 11 is 0. The van der Waals surface area contributed by atoms with E-state index in [0.717, 1.165) is 24.3 Å². The van der Waals surface area contributed by atoms with Crippen LogP contribution in [-0.2, 0) is 4.74 Å². The lowest BCUT2D eigenvalue weighted by Crippen LogP contribution is -2.47. The van der Waals surface area contributed by atoms with Crippen molar-refractivity contribution in [1.29, 1.82) is 0 Å². The molecule has 5 nitrogen and oxygen atoms in total. The van der Waals surface area contributed by atoms with Gasteiger partial charge in [0.05, 0.1) is 43.4 Å². The summed E-state index contributed by atoms with van der Waals surface area (Å²) in [5, 5.41) is 9.34. The van der Waals surface area contributed by atoms with Crippen molar-refractivity contribution < 1.29 is 9.84 Å². The van der Waals surface area contributed by atoms with Crippen molar-refractivity contribution in [2.75, 3.05) is 31.3 Å². The fourth-order valence-electron chi connectivity index (χ4n) is 2.14. The third kappa shape index (κ3) is 2.80. The SMILES string of the molecule is CC[C@H](N)c1ccc(N2CCOCC2CO)cn1. The molecular weight excluding hydrogens is 230 g/mol. The van der Waals surface area contributed by atoms with Gasteiger partial charge in [-0.05, 0) is 18.6 Å². The molecular formula is C13H21N3O2. The highest BCUT2D eigenvalue weighted by Gasteiger charge is 2.22. The topological polar surface area (TPSA) is 71.6 Å². The Kier molecular flexibility index (Phi) is 4.52. The van der Waals surface area contributed by atoms with Gasteiger partial charge in [0, 0.05) is 12.6 Å². The number of morpholine rings is 1. The molecule has 1 aromatic rings. The van der Waals surface area contributed by atoms with Crippen LogP contribution in [0.4, 0.5) is 5.69 Å². The van der Waals surface area contributed by atoms with E-state index in [9.17, 15) is 5.11 Å². The zero-order valence-corrected chi connectivity index (χ0v) is 10.7. The van der Waals surface area contributed by atoms with Crippen molar-refractivity contribution in [3.05, 3.63) is 24.0 Å². The second kappa shape index (κ2) is 6.13. The number of ether oxygens (including phenoxy) is 1. The van der Waals surface area contributed by atoms with Crippen molar-refractivity contribution in [1.82, 2.24) is 4.98 Å². The summed E-state index contributed by atoms with van der Waals surface area (Å²) in [6.07, 6.45) is 2.71. The molecule has 1 aliphatic heterocycles. The molecule has 2 rings (SSSR count). The van der Waals surface area contributed by atoms with E-state index in [4.69, 9.17) is 10.5 Å². The standard InChI is InChI=1S/C13H21N3O2/c1-2-12(14)13-4-3-10(7-15-13)16-5-6-18-9-11(16)8-17/h3-4,7,11-12,17H,2,5-6,8-9,14H2,1H3/t11?,12-/m0/s1. The maximum atomic E-state index is 9.34. The average molecular weight is 251 g/mol. The molecule has 2 heterocycles. The number of pyridine rings is 1. The van der Waals surface area contributed by atoms with E-state index < -0.39 is 0 Å². The van der Waals surface area contributed by atoms with Crippen LogP contribution in [0, 0.1) is 0 Å². The van der Waals surface area contributed by atoms with Crippen LogP contribution in [0.15, 0.2) is 18.3 Å². The number of nitrogens with zero attached hydrogens (tertiary/aromatic N) is 2. The number of rotatable bonds is 4. The lowest BCUT2D eigenvalue weighted by atomic mass is 10.1. The van der Waals surface area contributed by atoms with Gasteiger partial charge in [0.2, 0.25) is 0 Å². The van der Waals surface area contributed by atoms with E-state index in [2.05, 4.69) is 9.88 Å². The smallest absolute Gasteiger partial charge is 0.0756 e. The minimum atomic E-state index is -0.00243. The summed E-state index contributed by atoms with van der Waals surface area (Å²) in [6.45, 7) is 4.17. The van der Waals surface area contributed by atoms with Gasteiger partial charge in [0.1, 0.15) is 0 Å². The van der Waals surface area contributed by atoms with Crippen LogP contribution in [0.3, 0.4) is 0 Å². The average Bonchev–Trinajstić information content (AvgIpc) is 2.46. The molecule has 0 amide bonds. The summed E-state index contributed by atoms with van der Waals surface area (Å²) in [7, 11) is 0. The number of aromatic nitrogens is 1. The molecule has 1 fully saturated rings. The first-order valence-corrected chi connectivity index (χ1v) is 6.43. The van der Waals surface area contributed by atoms with Gasteiger partial charge in [-0.1, -0.05) is 6.92 Å². The summed E-state index contributed by atoms with van der Waals surface area (Å²) < 4.78 is 5.36. The molecule has 0 radical (unpaired) electrons. The Hall–Kier alpha value is -1.17. The Morgan fingerprint density at radius 3 is 3.06 bits per heavy atom. The maximum absolute atomic E-state index is 9.34. The minimum absolute atomic E-state index is 0.00243. The van der Waals surface area contributed by atoms with Gasteiger partial charge >= 0.3 is 0 Å². The van der Waals surface area contributed by atoms with Gasteiger partial charge < -0.3 is 20.5 Å². The van der Waals surface area contributed by atoms with Crippen LogP contribution in [-0.4, -0.2) is 42.5 Å². The Morgan fingerprint density at radius 2 is 2.44 bits per heavy atom. The highest BCUT2D eigenvalue weighted by molar-refractivity contribution is 5.46. The molecule has 0 saturated carbocycles. The minimum Gasteiger partial charge on any atom is -0.394 e. The molecule has 1 aliphatic rings. The summed E-state index contributed by atoms with van der Waals surface area (Å²) in [5.41, 5.74) is 7.87. The molecule has 0 bridgehead atoms. The first-order chi connectivity index (χ1) is 8.76. The molecule has 1 saturated heterocycles. The van der Waals surface area contributed by atoms with E-state index in [-0.39, 0.29) is 18.7 Å². The largest absolute Gasteiger partial charge is 0.394 e. The first kappa shape index (κ1) is 13.3. The maximum Gasteiger partial charge on any atom is 0.0756 e. The Balaban J connectivity index is 2.12. The Labute approximate surface area is 108 Å². The lowest BCUT2D eigenvalue weighted by Gasteiger charge is -2.36. The van der Waals surface area contributed by atoms with Gasteiger partial charge in [-0.25, -0.2) is 0 Å². The molecule has 2 atom stereocenters. The second-order valence-electron chi connectivity index (χ2n) is 4.56. The Bertz CT molecular complexity index is 369. The van der Waals surface area contributed by atoms with Crippen LogP contribution in [0.25, 0.3) is 0 Å². The lowest BCUT2D eigenvalue weighted by molar-refractivity contribution is 0.0727. The van der Waals surface area contributed by atoms with Crippen molar-refractivity contribution in [2.24, 2.45) is 5.73 Å². The monoisotopic (exact) mass is 251 g/mol. The van der Waals surface area contributed by atoms with Crippen LogP contribution in [0.5, 0.6) is 0 Å². The van der Waals surface area contributed by atoms with Gasteiger partial charge in [-0.3, -0.25) is 4.98 Å². The van der Waals surface area contributed by atoms with Crippen LogP contribution < -0.4 is 10.6 Å². The zero-order valence-electron chi connectivity index (χ0n) is 10.7. The van der Waals surface area contributed by atoms with E-state index in [1.54, 1.807) is 0 Å². The van der Waals surface area contributed by atoms with Crippen LogP contribution in [0.2, 0.25) is 0 Å². The predicted octanol–water partition coefficient (Wildman–Crippen LogP) is 0.689. The number of hydrogen-bond donors (Lipinski definition) is 2. The third-order valence-corrected chi connectivity index (χ3v) is 3.36. The molecule has 5 heteroatoms. The molecule has 18 heavy (non-hydrogen) atoms. The van der Waals surface area contributed by atoms with E-state index in [1.165, 1.54) is 0 Å². The van der Waals surface area contributed by atoms with Gasteiger partial charge in [0.25, 0.3) is 0 Å². The fourth-order valence-corrected chi connectivity index (χ4v) is 2.14. The van der Waals surface area contributed by atoms with E-state index >= 15 is 0 Å². The molecule has 0 aromatic carbocycles. The van der Waals surface area contributed by atoms with Gasteiger partial charge in [-0.2, -0.15) is 0 Å². The highest BCUT2D eigenvalue weighted by atomic mass is 16.5. The van der Waals surface area contributed by atoms with E-state index in [0.29, 0.717) is 13.2 Å². The Morgan fingerprint density at radius 1 is 1.61 bits per heavy atom. The molecule has 1 aromatic heterocycles. The van der Waals surface area contributed by atoms with Crippen molar-refractivity contribution >= 4 is 5.69 Å². The quantitative estimate of drug-likeness (QED) is 0.823. The summed E-state index contributed by atoms with van der Waals surface area (Å²) in [4.78, 5) is 6.54. The third-order valence-electron chi connectivity index (χ3n) is 3.36. The molecule has 100 valence electrons. The number of anilines is 1. The molecule has 0 aliphatic carbocycles. The predicted molar refractivity (Wildman–Crippen MR) is 70.5 cm³/mol. The van der Waals surface area contributed by atoms with Crippen molar-refractivity contribution in [2.45, 2.75) is 25.4 Å². The molecule has 1 unspecified atom stereocenters. The molecule has 0 spiro atoms. The van der Waals surface area contributed by atoms with Crippen LogP contribution >= 0.6 is 0 Å². The van der Waals surface area contributed by atoms with Gasteiger partial charge in [0.15, 0.2) is 0 Å².